The number of nitrogens with zero attached hydrogens (tertiary/aromatic N) is 3. The van der Waals surface area contributed by atoms with Gasteiger partial charge in [-0.15, -0.1) is 11.3 Å². The molecule has 0 saturated heterocycles. The van der Waals surface area contributed by atoms with Gasteiger partial charge >= 0.3 is 0 Å². The highest BCUT2D eigenvalue weighted by atomic mass is 32.1. The lowest BCUT2D eigenvalue weighted by molar-refractivity contribution is 0.0912. The first-order valence-electron chi connectivity index (χ1n) is 7.61. The van der Waals surface area contributed by atoms with E-state index in [0.29, 0.717) is 17.0 Å². The summed E-state index contributed by atoms with van der Waals surface area (Å²) in [5.41, 5.74) is 1.89. The van der Waals surface area contributed by atoms with Gasteiger partial charge in [0.2, 0.25) is 0 Å². The van der Waals surface area contributed by atoms with Gasteiger partial charge in [-0.25, -0.2) is 4.98 Å². The van der Waals surface area contributed by atoms with Crippen molar-refractivity contribution in [3.8, 4) is 16.3 Å². The highest BCUT2D eigenvalue weighted by Crippen LogP contribution is 2.23. The molecule has 0 radical (unpaired) electrons. The summed E-state index contributed by atoms with van der Waals surface area (Å²) in [7, 11) is 3.41. The summed E-state index contributed by atoms with van der Waals surface area (Å²) in [6.45, 7) is 0.102. The van der Waals surface area contributed by atoms with Gasteiger partial charge in [0.05, 0.1) is 19.4 Å². The van der Waals surface area contributed by atoms with Crippen LogP contribution in [0.3, 0.4) is 0 Å². The highest BCUT2D eigenvalue weighted by molar-refractivity contribution is 7.13. The van der Waals surface area contributed by atoms with Gasteiger partial charge in [-0.3, -0.25) is 9.48 Å². The largest absolute Gasteiger partial charge is 0.497 e. The van der Waals surface area contributed by atoms with Gasteiger partial charge in [0, 0.05) is 30.7 Å². The van der Waals surface area contributed by atoms with Crippen molar-refractivity contribution in [1.82, 2.24) is 20.1 Å². The van der Waals surface area contributed by atoms with Gasteiger partial charge in [0.15, 0.2) is 0 Å². The Labute approximate surface area is 148 Å². The number of thiazole rings is 1. The normalized spacial score (nSPS) is 12.0. The van der Waals surface area contributed by atoms with E-state index >= 15 is 0 Å². The number of aryl methyl sites for hydroxylation is 1. The number of benzene rings is 1. The highest BCUT2D eigenvalue weighted by Gasteiger charge is 2.15. The average molecular weight is 358 g/mol. The van der Waals surface area contributed by atoms with Crippen LogP contribution in [0.5, 0.6) is 5.75 Å². The molecule has 3 rings (SSSR count). The summed E-state index contributed by atoms with van der Waals surface area (Å²) in [4.78, 5) is 16.5. The molecule has 0 unspecified atom stereocenters. The second kappa shape index (κ2) is 7.45. The lowest BCUT2D eigenvalue weighted by Crippen LogP contribution is -2.28. The van der Waals surface area contributed by atoms with Crippen LogP contribution in [-0.4, -0.2) is 39.4 Å². The van der Waals surface area contributed by atoms with Crippen LogP contribution in [-0.2, 0) is 7.05 Å². The maximum absolute atomic E-state index is 12.2. The lowest BCUT2D eigenvalue weighted by atomic mass is 10.1. The molecule has 0 spiro atoms. The number of aliphatic hydroxyl groups excluding tert-OH is 1. The summed E-state index contributed by atoms with van der Waals surface area (Å²) in [6, 6.07) is 7.06. The summed E-state index contributed by atoms with van der Waals surface area (Å²) in [5.74, 6) is 0.393. The fourth-order valence-corrected chi connectivity index (χ4v) is 3.04. The zero-order valence-corrected chi connectivity index (χ0v) is 14.7. The Balaban J connectivity index is 1.59. The van der Waals surface area contributed by atoms with E-state index in [1.54, 1.807) is 47.6 Å². The number of amides is 1. The van der Waals surface area contributed by atoms with Gasteiger partial charge in [-0.1, -0.05) is 12.1 Å². The standard InChI is InChI=1S/C17H18N4O3S/c1-21-9-12(7-19-21)17-20-14(10-25-17)16(23)18-8-15(22)11-3-5-13(24-2)6-4-11/h3-7,9-10,15,22H,8H2,1-2H3,(H,18,23)/t15-/m0/s1. The molecule has 25 heavy (non-hydrogen) atoms. The number of hydrogen-bond acceptors (Lipinski definition) is 6. The smallest absolute Gasteiger partial charge is 0.270 e. The van der Waals surface area contributed by atoms with Gasteiger partial charge < -0.3 is 15.2 Å². The van der Waals surface area contributed by atoms with Crippen molar-refractivity contribution in [2.75, 3.05) is 13.7 Å². The monoisotopic (exact) mass is 358 g/mol. The molecule has 7 nitrogen and oxygen atoms in total. The number of carbonyl (C=O) groups is 1. The molecule has 1 amide bonds. The zero-order chi connectivity index (χ0) is 17.8. The second-order valence-corrected chi connectivity index (χ2v) is 6.30. The summed E-state index contributed by atoms with van der Waals surface area (Å²) in [5, 5.41) is 19.4. The minimum Gasteiger partial charge on any atom is -0.497 e. The van der Waals surface area contributed by atoms with Gasteiger partial charge in [-0.05, 0) is 17.7 Å². The third-order valence-corrected chi connectivity index (χ3v) is 4.54. The van der Waals surface area contributed by atoms with Crippen molar-refractivity contribution < 1.29 is 14.6 Å². The molecule has 0 aliphatic heterocycles. The van der Waals surface area contributed by atoms with Crippen LogP contribution in [0.4, 0.5) is 0 Å². The van der Waals surface area contributed by atoms with Crippen LogP contribution in [0.25, 0.3) is 10.6 Å². The molecule has 8 heteroatoms. The molecular formula is C17H18N4O3S. The zero-order valence-electron chi connectivity index (χ0n) is 13.8. The minimum absolute atomic E-state index is 0.102. The van der Waals surface area contributed by atoms with E-state index < -0.39 is 6.10 Å². The Morgan fingerprint density at radius 2 is 2.16 bits per heavy atom. The number of ether oxygens (including phenoxy) is 1. The van der Waals surface area contributed by atoms with E-state index in [1.165, 1.54) is 11.3 Å². The molecule has 130 valence electrons. The van der Waals surface area contributed by atoms with Gasteiger partial charge in [0.1, 0.15) is 16.5 Å². The topological polar surface area (TPSA) is 89.3 Å². The van der Waals surface area contributed by atoms with E-state index in [4.69, 9.17) is 4.74 Å². The molecule has 0 aliphatic carbocycles. The van der Waals surface area contributed by atoms with Crippen molar-refractivity contribution >= 4 is 17.2 Å². The van der Waals surface area contributed by atoms with E-state index in [9.17, 15) is 9.90 Å². The van der Waals surface area contributed by atoms with E-state index in [2.05, 4.69) is 15.4 Å². The third kappa shape index (κ3) is 4.04. The Morgan fingerprint density at radius 1 is 1.40 bits per heavy atom. The molecule has 2 N–H and O–H groups in total. The lowest BCUT2D eigenvalue weighted by Gasteiger charge is -2.12. The van der Waals surface area contributed by atoms with E-state index in [1.807, 2.05) is 13.2 Å². The fraction of sp³-hybridized carbons (Fsp3) is 0.235. The molecule has 1 atom stereocenters. The van der Waals surface area contributed by atoms with Crippen LogP contribution in [0, 0.1) is 0 Å². The number of carbonyl (C=O) groups excluding carboxylic acids is 1. The van der Waals surface area contributed by atoms with Crippen molar-refractivity contribution in [2.24, 2.45) is 7.05 Å². The number of aromatic nitrogens is 3. The molecule has 2 heterocycles. The maximum Gasteiger partial charge on any atom is 0.270 e. The van der Waals surface area contributed by atoms with Crippen LogP contribution in [0.15, 0.2) is 42.0 Å². The second-order valence-electron chi connectivity index (χ2n) is 5.44. The molecule has 0 aliphatic rings. The van der Waals surface area contributed by atoms with E-state index in [-0.39, 0.29) is 12.5 Å². The Morgan fingerprint density at radius 3 is 2.80 bits per heavy atom. The van der Waals surface area contributed by atoms with Crippen molar-refractivity contribution in [2.45, 2.75) is 6.10 Å². The SMILES string of the molecule is COc1ccc([C@@H](O)CNC(=O)c2csc(-c3cnn(C)c3)n2)cc1. The Hall–Kier alpha value is -2.71. The van der Waals surface area contributed by atoms with Gasteiger partial charge in [-0.2, -0.15) is 5.10 Å². The maximum atomic E-state index is 12.2. The minimum atomic E-state index is -0.800. The molecule has 2 aromatic heterocycles. The number of rotatable bonds is 6. The predicted octanol–water partition coefficient (Wildman–Crippen LogP) is 2.02. The van der Waals surface area contributed by atoms with Crippen molar-refractivity contribution in [1.29, 1.82) is 0 Å². The molecule has 3 aromatic rings. The predicted molar refractivity (Wildman–Crippen MR) is 94.6 cm³/mol. The molecular weight excluding hydrogens is 340 g/mol. The molecule has 1 aromatic carbocycles. The third-order valence-electron chi connectivity index (χ3n) is 3.65. The van der Waals surface area contributed by atoms with Crippen LogP contribution in [0.1, 0.15) is 22.2 Å². The quantitative estimate of drug-likeness (QED) is 0.704. The number of aliphatic hydroxyl groups is 1. The van der Waals surface area contributed by atoms with Gasteiger partial charge in [0.25, 0.3) is 5.91 Å². The first kappa shape index (κ1) is 17.1. The van der Waals surface area contributed by atoms with Crippen molar-refractivity contribution in [3.05, 3.63) is 53.3 Å². The number of nitrogens with one attached hydrogen (secondary N) is 1. The Kier molecular flexibility index (Phi) is 5.11. The average Bonchev–Trinajstić information content (AvgIpc) is 3.28. The first-order chi connectivity index (χ1) is 12.1. The summed E-state index contributed by atoms with van der Waals surface area (Å²) in [6.07, 6.45) is 2.74. The summed E-state index contributed by atoms with van der Waals surface area (Å²) >= 11 is 1.38. The fourth-order valence-electron chi connectivity index (χ4n) is 2.27. The first-order valence-corrected chi connectivity index (χ1v) is 8.49. The Bertz CT molecular complexity index is 857. The molecule has 0 bridgehead atoms. The molecule has 0 saturated carbocycles. The van der Waals surface area contributed by atoms with Crippen molar-refractivity contribution in [3.63, 3.8) is 0 Å². The van der Waals surface area contributed by atoms with Crippen LogP contribution >= 0.6 is 11.3 Å². The number of hydrogen-bond donors (Lipinski definition) is 2. The molecule has 0 fully saturated rings. The summed E-state index contributed by atoms with van der Waals surface area (Å²) < 4.78 is 6.76. The van der Waals surface area contributed by atoms with E-state index in [0.717, 1.165) is 10.6 Å². The number of methoxy groups -OCH3 is 1. The van der Waals surface area contributed by atoms with Crippen LogP contribution in [0.2, 0.25) is 0 Å². The van der Waals surface area contributed by atoms with Crippen LogP contribution < -0.4 is 10.1 Å².